The number of piperidine rings is 1. The zero-order valence-electron chi connectivity index (χ0n) is 12.8. The van der Waals surface area contributed by atoms with Crippen LogP contribution in [0.15, 0.2) is 23.0 Å². The molecule has 1 fully saturated rings. The van der Waals surface area contributed by atoms with Crippen LogP contribution in [0.4, 0.5) is 0 Å². The van der Waals surface area contributed by atoms with Crippen LogP contribution in [0.2, 0.25) is 0 Å². The second-order valence-electron chi connectivity index (χ2n) is 6.52. The van der Waals surface area contributed by atoms with Crippen molar-refractivity contribution in [1.29, 1.82) is 0 Å². The molecule has 22 heavy (non-hydrogen) atoms. The molecule has 2 aromatic rings. The number of hydrogen-bond donors (Lipinski definition) is 1. The quantitative estimate of drug-likeness (QED) is 0.866. The molecule has 1 aromatic heterocycles. The van der Waals surface area contributed by atoms with Crippen LogP contribution in [-0.2, 0) is 13.2 Å². The van der Waals surface area contributed by atoms with Crippen LogP contribution >= 0.6 is 0 Å². The number of aliphatic hydroxyl groups is 1. The summed E-state index contributed by atoms with van der Waals surface area (Å²) in [6, 6.07) is 5.94. The van der Waals surface area contributed by atoms with E-state index in [-0.39, 0.29) is 12.2 Å². The molecule has 116 valence electrons. The van der Waals surface area contributed by atoms with Crippen molar-refractivity contribution in [2.45, 2.75) is 44.4 Å². The number of likely N-dealkylation sites (N-methyl/N-ethyl adjacent to an activating group) is 1. The minimum atomic E-state index is -0.0230. The van der Waals surface area contributed by atoms with Crippen molar-refractivity contribution in [3.63, 3.8) is 0 Å². The summed E-state index contributed by atoms with van der Waals surface area (Å²) in [7, 11) is 2.18. The molecule has 1 saturated heterocycles. The Morgan fingerprint density at radius 3 is 3.00 bits per heavy atom. The Morgan fingerprint density at radius 1 is 1.32 bits per heavy atom. The summed E-state index contributed by atoms with van der Waals surface area (Å²) in [5, 5.41) is 9.97. The third-order valence-electron chi connectivity index (χ3n) is 5.27. The van der Waals surface area contributed by atoms with Crippen LogP contribution in [-0.4, -0.2) is 39.2 Å². The molecular formula is C17H21N3O2. The Bertz CT molecular complexity index is 783. The summed E-state index contributed by atoms with van der Waals surface area (Å²) in [5.41, 5.74) is 1.59. The number of rotatable bonds is 1. The first-order chi connectivity index (χ1) is 10.7. The molecule has 3 heterocycles. The highest BCUT2D eigenvalue weighted by Crippen LogP contribution is 2.36. The monoisotopic (exact) mass is 299 g/mol. The maximum atomic E-state index is 12.8. The van der Waals surface area contributed by atoms with Gasteiger partial charge in [0.2, 0.25) is 0 Å². The summed E-state index contributed by atoms with van der Waals surface area (Å²) in [6.07, 6.45) is 3.28. The second-order valence-corrected chi connectivity index (χ2v) is 6.52. The fourth-order valence-corrected chi connectivity index (χ4v) is 4.09. The molecule has 0 saturated carbocycles. The standard InChI is InChI=1S/C17H21N3O2/c1-19-7-2-3-13-15(19)6-8-20-16(13)18-14-9-11(10-21)4-5-12(14)17(20)22/h4-5,9,13,15,21H,2-3,6-8,10H2,1H3/t13-,15+/m0/s1. The third kappa shape index (κ3) is 2.00. The van der Waals surface area contributed by atoms with E-state index in [4.69, 9.17) is 4.98 Å². The van der Waals surface area contributed by atoms with Gasteiger partial charge in [0.15, 0.2) is 0 Å². The summed E-state index contributed by atoms with van der Waals surface area (Å²) < 4.78 is 1.88. The first kappa shape index (κ1) is 13.9. The van der Waals surface area contributed by atoms with Crippen molar-refractivity contribution in [3.05, 3.63) is 39.9 Å². The zero-order chi connectivity index (χ0) is 15.3. The number of benzene rings is 1. The number of aromatic nitrogens is 2. The number of fused-ring (bicyclic) bond motifs is 4. The van der Waals surface area contributed by atoms with Gasteiger partial charge in [-0.25, -0.2) is 4.98 Å². The van der Waals surface area contributed by atoms with Crippen molar-refractivity contribution in [1.82, 2.24) is 14.5 Å². The maximum absolute atomic E-state index is 12.8. The van der Waals surface area contributed by atoms with E-state index in [0.717, 1.165) is 49.3 Å². The maximum Gasteiger partial charge on any atom is 0.261 e. The molecule has 2 aliphatic rings. The Balaban J connectivity index is 1.92. The predicted octanol–water partition coefficient (Wildman–Crippen LogP) is 1.47. The third-order valence-corrected chi connectivity index (χ3v) is 5.27. The number of hydrogen-bond acceptors (Lipinski definition) is 4. The number of aliphatic hydroxyl groups excluding tert-OH is 1. The van der Waals surface area contributed by atoms with Crippen molar-refractivity contribution in [2.75, 3.05) is 13.6 Å². The molecule has 0 unspecified atom stereocenters. The van der Waals surface area contributed by atoms with E-state index in [9.17, 15) is 9.90 Å². The van der Waals surface area contributed by atoms with Gasteiger partial charge < -0.3 is 10.0 Å². The summed E-state index contributed by atoms with van der Waals surface area (Å²) >= 11 is 0. The molecule has 1 aromatic carbocycles. The molecule has 0 spiro atoms. The number of nitrogens with zero attached hydrogens (tertiary/aromatic N) is 3. The highest BCUT2D eigenvalue weighted by molar-refractivity contribution is 5.78. The molecule has 2 atom stereocenters. The molecule has 5 nitrogen and oxygen atoms in total. The van der Waals surface area contributed by atoms with Crippen LogP contribution < -0.4 is 5.56 Å². The number of likely N-dealkylation sites (tertiary alicyclic amines) is 1. The average molecular weight is 299 g/mol. The van der Waals surface area contributed by atoms with Gasteiger partial charge >= 0.3 is 0 Å². The lowest BCUT2D eigenvalue weighted by Gasteiger charge is -2.42. The lowest BCUT2D eigenvalue weighted by molar-refractivity contribution is 0.123. The van der Waals surface area contributed by atoms with Gasteiger partial charge in [0, 0.05) is 18.5 Å². The smallest absolute Gasteiger partial charge is 0.261 e. The van der Waals surface area contributed by atoms with E-state index in [1.807, 2.05) is 10.6 Å². The lowest BCUT2D eigenvalue weighted by atomic mass is 9.84. The summed E-state index contributed by atoms with van der Waals surface area (Å²) in [5.74, 6) is 1.29. The van der Waals surface area contributed by atoms with Crippen molar-refractivity contribution >= 4 is 10.9 Å². The van der Waals surface area contributed by atoms with E-state index >= 15 is 0 Å². The molecule has 4 rings (SSSR count). The Hall–Kier alpha value is -1.72. The second kappa shape index (κ2) is 5.18. The van der Waals surface area contributed by atoms with Crippen LogP contribution in [0.25, 0.3) is 10.9 Å². The highest BCUT2D eigenvalue weighted by atomic mass is 16.3. The largest absolute Gasteiger partial charge is 0.392 e. The van der Waals surface area contributed by atoms with Crippen molar-refractivity contribution < 1.29 is 5.11 Å². The van der Waals surface area contributed by atoms with Crippen molar-refractivity contribution in [3.8, 4) is 0 Å². The van der Waals surface area contributed by atoms with Crippen molar-refractivity contribution in [2.24, 2.45) is 0 Å². The minimum Gasteiger partial charge on any atom is -0.392 e. The first-order valence-corrected chi connectivity index (χ1v) is 8.03. The van der Waals surface area contributed by atoms with E-state index in [1.54, 1.807) is 12.1 Å². The molecule has 1 N–H and O–H groups in total. The van der Waals surface area contributed by atoms with E-state index in [1.165, 1.54) is 0 Å². The Kier molecular flexibility index (Phi) is 3.27. The predicted molar refractivity (Wildman–Crippen MR) is 84.9 cm³/mol. The van der Waals surface area contributed by atoms with Crippen LogP contribution in [0.3, 0.4) is 0 Å². The van der Waals surface area contributed by atoms with Crippen LogP contribution in [0.1, 0.15) is 36.6 Å². The molecule has 0 amide bonds. The molecule has 0 aliphatic carbocycles. The molecular weight excluding hydrogens is 278 g/mol. The fourth-order valence-electron chi connectivity index (χ4n) is 4.09. The highest BCUT2D eigenvalue weighted by Gasteiger charge is 2.36. The molecule has 5 heteroatoms. The van der Waals surface area contributed by atoms with E-state index in [2.05, 4.69) is 11.9 Å². The first-order valence-electron chi connectivity index (χ1n) is 8.03. The van der Waals surface area contributed by atoms with Crippen LogP contribution in [0.5, 0.6) is 0 Å². The summed E-state index contributed by atoms with van der Waals surface area (Å²) in [6.45, 7) is 1.86. The molecule has 0 bridgehead atoms. The van der Waals surface area contributed by atoms with Gasteiger partial charge in [-0.15, -0.1) is 0 Å². The van der Waals surface area contributed by atoms with Crippen LogP contribution in [0, 0.1) is 0 Å². The summed E-state index contributed by atoms with van der Waals surface area (Å²) in [4.78, 5) is 20.0. The average Bonchev–Trinajstić information content (AvgIpc) is 2.55. The van der Waals surface area contributed by atoms with Gasteiger partial charge in [0.05, 0.1) is 17.5 Å². The lowest BCUT2D eigenvalue weighted by Crippen LogP contribution is -2.47. The SMILES string of the molecule is CN1CCC[C@@H]2c3nc4cc(CO)ccc4c(=O)n3CC[C@H]21. The van der Waals surface area contributed by atoms with E-state index in [0.29, 0.717) is 17.3 Å². The zero-order valence-corrected chi connectivity index (χ0v) is 12.8. The minimum absolute atomic E-state index is 0.0230. The topological polar surface area (TPSA) is 58.4 Å². The Labute approximate surface area is 129 Å². The normalized spacial score (nSPS) is 25.0. The fraction of sp³-hybridized carbons (Fsp3) is 0.529. The van der Waals surface area contributed by atoms with Gasteiger partial charge in [-0.2, -0.15) is 0 Å². The molecule has 0 radical (unpaired) electrons. The Morgan fingerprint density at radius 2 is 2.18 bits per heavy atom. The van der Waals surface area contributed by atoms with E-state index < -0.39 is 0 Å². The molecule has 2 aliphatic heterocycles. The van der Waals surface area contributed by atoms with Gasteiger partial charge in [-0.05, 0) is 50.6 Å². The van der Waals surface area contributed by atoms with Gasteiger partial charge in [-0.3, -0.25) is 9.36 Å². The van der Waals surface area contributed by atoms with Gasteiger partial charge in [0.25, 0.3) is 5.56 Å². The van der Waals surface area contributed by atoms with Gasteiger partial charge in [0.1, 0.15) is 5.82 Å². The van der Waals surface area contributed by atoms with Gasteiger partial charge in [-0.1, -0.05) is 6.07 Å².